The van der Waals surface area contributed by atoms with Crippen LogP contribution in [0, 0.1) is 0 Å². The molecule has 23 heavy (non-hydrogen) atoms. The van der Waals surface area contributed by atoms with Crippen LogP contribution in [0.15, 0.2) is 29.3 Å². The molecule has 0 radical (unpaired) electrons. The summed E-state index contributed by atoms with van der Waals surface area (Å²) in [5.74, 6) is 1.81. The van der Waals surface area contributed by atoms with Crippen molar-refractivity contribution in [2.24, 2.45) is 4.99 Å². The van der Waals surface area contributed by atoms with Gasteiger partial charge < -0.3 is 20.3 Å². The van der Waals surface area contributed by atoms with Crippen molar-refractivity contribution in [3.8, 4) is 5.75 Å². The monoisotopic (exact) mass is 318 g/mol. The van der Waals surface area contributed by atoms with E-state index in [1.807, 2.05) is 36.1 Å². The van der Waals surface area contributed by atoms with Gasteiger partial charge in [0.05, 0.1) is 7.11 Å². The Morgan fingerprint density at radius 3 is 3.00 bits per heavy atom. The molecule has 1 aliphatic heterocycles. The number of likely N-dealkylation sites (tertiary alicyclic amines) is 1. The van der Waals surface area contributed by atoms with Crippen molar-refractivity contribution in [2.75, 3.05) is 27.2 Å². The summed E-state index contributed by atoms with van der Waals surface area (Å²) in [6, 6.07) is 8.19. The number of hydrogen-bond donors (Lipinski definition) is 2. The van der Waals surface area contributed by atoms with Gasteiger partial charge in [0.15, 0.2) is 5.96 Å². The van der Waals surface area contributed by atoms with Crippen LogP contribution in [0.1, 0.15) is 25.3 Å². The molecule has 1 aromatic carbocycles. The molecule has 6 heteroatoms. The van der Waals surface area contributed by atoms with Crippen LogP contribution in [-0.2, 0) is 11.3 Å². The van der Waals surface area contributed by atoms with Crippen LogP contribution >= 0.6 is 0 Å². The van der Waals surface area contributed by atoms with Gasteiger partial charge in [-0.05, 0) is 24.1 Å². The van der Waals surface area contributed by atoms with Gasteiger partial charge in [-0.1, -0.05) is 19.1 Å². The van der Waals surface area contributed by atoms with Gasteiger partial charge in [-0.25, -0.2) is 0 Å². The fourth-order valence-corrected chi connectivity index (χ4v) is 2.68. The summed E-state index contributed by atoms with van der Waals surface area (Å²) in [4.78, 5) is 17.9. The van der Waals surface area contributed by atoms with Crippen molar-refractivity contribution in [3.05, 3.63) is 29.8 Å². The number of ether oxygens (including phenoxy) is 1. The molecule has 1 aliphatic rings. The minimum absolute atomic E-state index is 0.216. The van der Waals surface area contributed by atoms with E-state index in [0.29, 0.717) is 13.0 Å². The van der Waals surface area contributed by atoms with E-state index in [1.165, 1.54) is 0 Å². The van der Waals surface area contributed by atoms with Gasteiger partial charge in [-0.15, -0.1) is 0 Å². The summed E-state index contributed by atoms with van der Waals surface area (Å²) in [5.41, 5.74) is 1.13. The number of carbonyl (C=O) groups excluding carboxylic acids is 1. The SMILES string of the molecule is CCC(=O)N1CCC(NC(=NC)NCc2cccc(OC)c2)C1. The zero-order chi connectivity index (χ0) is 16.7. The highest BCUT2D eigenvalue weighted by molar-refractivity contribution is 5.80. The fraction of sp³-hybridized carbons (Fsp3) is 0.529. The molecule has 126 valence electrons. The maximum absolute atomic E-state index is 11.7. The molecule has 1 fully saturated rings. The lowest BCUT2D eigenvalue weighted by Gasteiger charge is -2.18. The van der Waals surface area contributed by atoms with E-state index in [-0.39, 0.29) is 11.9 Å². The number of guanidine groups is 1. The lowest BCUT2D eigenvalue weighted by Crippen LogP contribution is -2.44. The zero-order valence-electron chi connectivity index (χ0n) is 14.1. The van der Waals surface area contributed by atoms with Gasteiger partial charge in [0.25, 0.3) is 0 Å². The zero-order valence-corrected chi connectivity index (χ0v) is 14.1. The Morgan fingerprint density at radius 1 is 1.48 bits per heavy atom. The van der Waals surface area contributed by atoms with E-state index in [9.17, 15) is 4.79 Å². The molecule has 1 aromatic rings. The van der Waals surface area contributed by atoms with Gasteiger partial charge in [0.2, 0.25) is 5.91 Å². The third-order valence-electron chi connectivity index (χ3n) is 4.00. The fourth-order valence-electron chi connectivity index (χ4n) is 2.68. The first-order valence-electron chi connectivity index (χ1n) is 8.04. The van der Waals surface area contributed by atoms with Gasteiger partial charge in [-0.2, -0.15) is 0 Å². The smallest absolute Gasteiger partial charge is 0.222 e. The molecule has 1 atom stereocenters. The van der Waals surface area contributed by atoms with Crippen LogP contribution in [0.4, 0.5) is 0 Å². The van der Waals surface area contributed by atoms with E-state index >= 15 is 0 Å². The first-order chi connectivity index (χ1) is 11.2. The summed E-state index contributed by atoms with van der Waals surface area (Å²) >= 11 is 0. The molecule has 1 unspecified atom stereocenters. The van der Waals surface area contributed by atoms with Crippen molar-refractivity contribution in [1.29, 1.82) is 0 Å². The lowest BCUT2D eigenvalue weighted by atomic mass is 10.2. The Hall–Kier alpha value is -2.24. The summed E-state index contributed by atoms with van der Waals surface area (Å²) in [5, 5.41) is 6.69. The van der Waals surface area contributed by atoms with E-state index in [2.05, 4.69) is 15.6 Å². The predicted octanol–water partition coefficient (Wildman–Crippen LogP) is 1.37. The highest BCUT2D eigenvalue weighted by atomic mass is 16.5. The Bertz CT molecular complexity index is 559. The highest BCUT2D eigenvalue weighted by Crippen LogP contribution is 2.12. The molecule has 2 N–H and O–H groups in total. The number of nitrogens with zero attached hydrogens (tertiary/aromatic N) is 2. The van der Waals surface area contributed by atoms with Crippen molar-refractivity contribution in [2.45, 2.75) is 32.4 Å². The molecule has 1 heterocycles. The Kier molecular flexibility index (Phi) is 6.26. The number of methoxy groups -OCH3 is 1. The van der Waals surface area contributed by atoms with Crippen LogP contribution in [-0.4, -0.2) is 50.1 Å². The quantitative estimate of drug-likeness (QED) is 0.636. The van der Waals surface area contributed by atoms with Gasteiger partial charge in [0.1, 0.15) is 5.75 Å². The average Bonchev–Trinajstić information content (AvgIpc) is 3.06. The first-order valence-corrected chi connectivity index (χ1v) is 8.04. The largest absolute Gasteiger partial charge is 0.497 e. The third kappa shape index (κ3) is 4.87. The minimum Gasteiger partial charge on any atom is -0.497 e. The van der Waals surface area contributed by atoms with E-state index in [0.717, 1.165) is 36.8 Å². The summed E-state index contributed by atoms with van der Waals surface area (Å²) in [6.07, 6.45) is 1.52. The third-order valence-corrected chi connectivity index (χ3v) is 4.00. The second-order valence-electron chi connectivity index (χ2n) is 5.60. The van der Waals surface area contributed by atoms with Gasteiger partial charge in [0, 0.05) is 39.1 Å². The Labute approximate surface area is 137 Å². The predicted molar refractivity (Wildman–Crippen MR) is 91.6 cm³/mol. The van der Waals surface area contributed by atoms with E-state index in [1.54, 1.807) is 14.2 Å². The van der Waals surface area contributed by atoms with Crippen LogP contribution in [0.5, 0.6) is 5.75 Å². The normalized spacial score (nSPS) is 18.0. The highest BCUT2D eigenvalue weighted by Gasteiger charge is 2.25. The minimum atomic E-state index is 0.216. The lowest BCUT2D eigenvalue weighted by molar-refractivity contribution is -0.129. The molecular weight excluding hydrogens is 292 g/mol. The molecule has 0 bridgehead atoms. The molecule has 2 rings (SSSR count). The van der Waals surface area contributed by atoms with Gasteiger partial charge in [-0.3, -0.25) is 9.79 Å². The second-order valence-corrected chi connectivity index (χ2v) is 5.60. The topological polar surface area (TPSA) is 66.0 Å². The molecule has 0 aromatic heterocycles. The molecule has 0 aliphatic carbocycles. The van der Waals surface area contributed by atoms with Crippen molar-refractivity contribution in [1.82, 2.24) is 15.5 Å². The number of rotatable bonds is 5. The molecule has 6 nitrogen and oxygen atoms in total. The number of amides is 1. The maximum Gasteiger partial charge on any atom is 0.222 e. The number of hydrogen-bond acceptors (Lipinski definition) is 3. The molecule has 0 saturated carbocycles. The second kappa shape index (κ2) is 8.41. The van der Waals surface area contributed by atoms with Gasteiger partial charge >= 0.3 is 0 Å². The Morgan fingerprint density at radius 2 is 2.30 bits per heavy atom. The summed E-state index contributed by atoms with van der Waals surface area (Å²) < 4.78 is 5.23. The maximum atomic E-state index is 11.7. The number of nitrogens with one attached hydrogen (secondary N) is 2. The number of benzene rings is 1. The molecule has 1 saturated heterocycles. The molecular formula is C17H26N4O2. The van der Waals surface area contributed by atoms with E-state index < -0.39 is 0 Å². The Balaban J connectivity index is 1.83. The van der Waals surface area contributed by atoms with Crippen LogP contribution in [0.25, 0.3) is 0 Å². The summed E-state index contributed by atoms with van der Waals surface area (Å²) in [6.45, 7) is 4.13. The number of aliphatic imine (C=N–C) groups is 1. The van der Waals surface area contributed by atoms with Crippen LogP contribution < -0.4 is 15.4 Å². The average molecular weight is 318 g/mol. The van der Waals surface area contributed by atoms with Crippen LogP contribution in [0.3, 0.4) is 0 Å². The first kappa shape index (κ1) is 17.1. The van der Waals surface area contributed by atoms with E-state index in [4.69, 9.17) is 4.74 Å². The summed E-state index contributed by atoms with van der Waals surface area (Å²) in [7, 11) is 3.42. The number of carbonyl (C=O) groups is 1. The standard InChI is InChI=1S/C17H26N4O2/c1-4-16(22)21-9-8-14(12-21)20-17(18-2)19-11-13-6-5-7-15(10-13)23-3/h5-7,10,14H,4,8-9,11-12H2,1-3H3,(H2,18,19,20). The van der Waals surface area contributed by atoms with Crippen molar-refractivity contribution >= 4 is 11.9 Å². The molecule has 0 spiro atoms. The van der Waals surface area contributed by atoms with Crippen molar-refractivity contribution < 1.29 is 9.53 Å². The molecule has 1 amide bonds. The van der Waals surface area contributed by atoms with Crippen LogP contribution in [0.2, 0.25) is 0 Å². The van der Waals surface area contributed by atoms with Crippen molar-refractivity contribution in [3.63, 3.8) is 0 Å².